The summed E-state index contributed by atoms with van der Waals surface area (Å²) >= 11 is 0. The van der Waals surface area contributed by atoms with Crippen LogP contribution in [0.15, 0.2) is 134 Å². The quantitative estimate of drug-likeness (QED) is 0.0261. The van der Waals surface area contributed by atoms with Crippen LogP contribution in [0.5, 0.6) is 0 Å². The Balaban J connectivity index is 4.47. The number of hydrogen-bond acceptors (Lipinski definition) is 6. The molecule has 0 aromatic carbocycles. The number of rotatable bonds is 51. The van der Waals surface area contributed by atoms with Crippen LogP contribution in [0.1, 0.15) is 245 Å². The molecule has 0 aromatic rings. The molecule has 6 nitrogen and oxygen atoms in total. The summed E-state index contributed by atoms with van der Waals surface area (Å²) in [5.74, 6) is -0.969. The molecule has 1 unspecified atom stereocenters. The van der Waals surface area contributed by atoms with Gasteiger partial charge in [0.2, 0.25) is 0 Å². The Hall–Kier alpha value is -4.45. The third-order valence-corrected chi connectivity index (χ3v) is 11.9. The minimum absolute atomic E-state index is 0.104. The standard InChI is InChI=1S/C66H106O6/c1-4-7-10-13-16-19-22-25-27-29-31-33-35-37-39-41-44-47-50-53-56-59-65(68)71-62-63(61-70-64(67)58-55-52-49-46-43-24-21-18-15-12-9-6-3)72-66(69)60-57-54-51-48-45-42-40-38-36-34-32-30-28-26-23-20-17-14-11-8-5-2/h7-8,10-11,16-21,25-28,31-34,37,39,44,47,63H,4-6,9,12-15,22-24,29-30,35-36,38,40-43,45-46,48-62H2,1-3H3/b10-7-,11-8-,19-16-,20-17-,21-18-,27-25-,28-26-,33-31-,34-32-,39-37-,47-44-. The van der Waals surface area contributed by atoms with Crippen LogP contribution < -0.4 is 0 Å². The summed E-state index contributed by atoms with van der Waals surface area (Å²) < 4.78 is 16.8. The van der Waals surface area contributed by atoms with Crippen LogP contribution in [0.2, 0.25) is 0 Å². The molecule has 0 bridgehead atoms. The van der Waals surface area contributed by atoms with E-state index < -0.39 is 6.10 Å². The maximum absolute atomic E-state index is 12.9. The van der Waals surface area contributed by atoms with Gasteiger partial charge in [0, 0.05) is 19.3 Å². The fourth-order valence-corrected chi connectivity index (χ4v) is 7.55. The highest BCUT2D eigenvalue weighted by Crippen LogP contribution is 2.14. The Morgan fingerprint density at radius 3 is 0.889 bits per heavy atom. The van der Waals surface area contributed by atoms with Gasteiger partial charge in [-0.3, -0.25) is 14.4 Å². The molecule has 72 heavy (non-hydrogen) atoms. The number of hydrogen-bond donors (Lipinski definition) is 0. The second kappa shape index (κ2) is 59.1. The molecule has 0 rings (SSSR count). The number of allylic oxidation sites excluding steroid dienone is 22. The van der Waals surface area contributed by atoms with Crippen molar-refractivity contribution in [3.8, 4) is 0 Å². The lowest BCUT2D eigenvalue weighted by Crippen LogP contribution is -2.30. The minimum Gasteiger partial charge on any atom is -0.462 e. The van der Waals surface area contributed by atoms with Gasteiger partial charge in [0.25, 0.3) is 0 Å². The fourth-order valence-electron chi connectivity index (χ4n) is 7.55. The lowest BCUT2D eigenvalue weighted by Gasteiger charge is -2.18. The number of unbranched alkanes of at least 4 members (excludes halogenated alkanes) is 18. The van der Waals surface area contributed by atoms with Gasteiger partial charge in [-0.2, -0.15) is 0 Å². The van der Waals surface area contributed by atoms with Gasteiger partial charge < -0.3 is 14.2 Å². The van der Waals surface area contributed by atoms with E-state index in [1.807, 2.05) is 0 Å². The lowest BCUT2D eigenvalue weighted by molar-refractivity contribution is -0.167. The maximum atomic E-state index is 12.9. The molecule has 0 radical (unpaired) electrons. The average molecular weight is 996 g/mol. The Kier molecular flexibility index (Phi) is 55.5. The first-order valence-corrected chi connectivity index (χ1v) is 29.2. The summed E-state index contributed by atoms with van der Waals surface area (Å²) in [6.45, 7) is 6.33. The molecule has 0 heterocycles. The molecule has 0 aliphatic rings. The average Bonchev–Trinajstić information content (AvgIpc) is 3.38. The van der Waals surface area contributed by atoms with Crippen molar-refractivity contribution >= 4 is 17.9 Å². The van der Waals surface area contributed by atoms with E-state index in [4.69, 9.17) is 14.2 Å². The number of carbonyl (C=O) groups is 3. The molecule has 1 atom stereocenters. The molecule has 6 heteroatoms. The summed E-state index contributed by atoms with van der Waals surface area (Å²) in [5, 5.41) is 0. The van der Waals surface area contributed by atoms with Crippen molar-refractivity contribution in [2.24, 2.45) is 0 Å². The van der Waals surface area contributed by atoms with E-state index in [0.717, 1.165) is 135 Å². The van der Waals surface area contributed by atoms with E-state index in [-0.39, 0.29) is 31.1 Å². The van der Waals surface area contributed by atoms with Crippen molar-refractivity contribution in [3.63, 3.8) is 0 Å². The van der Waals surface area contributed by atoms with Crippen LogP contribution in [-0.4, -0.2) is 37.2 Å². The predicted octanol–water partition coefficient (Wildman–Crippen LogP) is 19.8. The molecule has 0 aliphatic carbocycles. The van der Waals surface area contributed by atoms with Crippen LogP contribution in [-0.2, 0) is 28.6 Å². The van der Waals surface area contributed by atoms with Crippen molar-refractivity contribution in [2.75, 3.05) is 13.2 Å². The van der Waals surface area contributed by atoms with Gasteiger partial charge in [-0.15, -0.1) is 0 Å². The number of esters is 3. The third kappa shape index (κ3) is 56.5. The highest BCUT2D eigenvalue weighted by atomic mass is 16.6. The van der Waals surface area contributed by atoms with Crippen LogP contribution in [0.4, 0.5) is 0 Å². The lowest BCUT2D eigenvalue weighted by atomic mass is 10.1. The monoisotopic (exact) mass is 995 g/mol. The van der Waals surface area contributed by atoms with Crippen LogP contribution in [0.25, 0.3) is 0 Å². The first-order valence-electron chi connectivity index (χ1n) is 29.2. The van der Waals surface area contributed by atoms with Gasteiger partial charge in [0.15, 0.2) is 6.10 Å². The van der Waals surface area contributed by atoms with Crippen molar-refractivity contribution in [1.29, 1.82) is 0 Å². The van der Waals surface area contributed by atoms with Gasteiger partial charge in [-0.05, 0) is 135 Å². The zero-order chi connectivity index (χ0) is 52.2. The predicted molar refractivity (Wildman–Crippen MR) is 311 cm³/mol. The molecule has 0 aromatic heterocycles. The third-order valence-electron chi connectivity index (χ3n) is 11.9. The molecule has 0 saturated carbocycles. The summed E-state index contributed by atoms with van der Waals surface area (Å²) in [5.41, 5.74) is 0. The van der Waals surface area contributed by atoms with Gasteiger partial charge in [0.05, 0.1) is 0 Å². The Morgan fingerprint density at radius 1 is 0.292 bits per heavy atom. The molecule has 0 saturated heterocycles. The smallest absolute Gasteiger partial charge is 0.306 e. The normalized spacial score (nSPS) is 13.1. The zero-order valence-corrected chi connectivity index (χ0v) is 46.4. The van der Waals surface area contributed by atoms with Gasteiger partial charge >= 0.3 is 17.9 Å². The second-order valence-electron chi connectivity index (χ2n) is 18.8. The summed E-state index contributed by atoms with van der Waals surface area (Å²) in [6, 6.07) is 0. The second-order valence-corrected chi connectivity index (χ2v) is 18.8. The number of carbonyl (C=O) groups excluding carboxylic acids is 3. The van der Waals surface area contributed by atoms with Crippen molar-refractivity contribution in [3.05, 3.63) is 134 Å². The van der Waals surface area contributed by atoms with E-state index in [1.165, 1.54) is 64.2 Å². The van der Waals surface area contributed by atoms with E-state index >= 15 is 0 Å². The van der Waals surface area contributed by atoms with Gasteiger partial charge in [0.1, 0.15) is 13.2 Å². The van der Waals surface area contributed by atoms with Gasteiger partial charge in [-0.25, -0.2) is 0 Å². The molecule has 406 valence electrons. The summed E-state index contributed by atoms with van der Waals surface area (Å²) in [4.78, 5) is 38.2. The van der Waals surface area contributed by atoms with Crippen molar-refractivity contribution < 1.29 is 28.6 Å². The van der Waals surface area contributed by atoms with E-state index in [2.05, 4.69) is 154 Å². The Bertz CT molecular complexity index is 1560. The van der Waals surface area contributed by atoms with E-state index in [1.54, 1.807) is 0 Å². The molecule has 0 amide bonds. The molecule has 0 fully saturated rings. The molecular formula is C66H106O6. The highest BCUT2D eigenvalue weighted by molar-refractivity contribution is 5.71. The highest BCUT2D eigenvalue weighted by Gasteiger charge is 2.19. The van der Waals surface area contributed by atoms with Crippen molar-refractivity contribution in [1.82, 2.24) is 0 Å². The summed E-state index contributed by atoms with van der Waals surface area (Å²) in [6.07, 6.45) is 83.0. The van der Waals surface area contributed by atoms with Gasteiger partial charge in [-0.1, -0.05) is 225 Å². The molecular weight excluding hydrogens is 889 g/mol. The largest absolute Gasteiger partial charge is 0.462 e. The minimum atomic E-state index is -0.809. The first kappa shape index (κ1) is 67.5. The van der Waals surface area contributed by atoms with Crippen molar-refractivity contribution in [2.45, 2.75) is 252 Å². The molecule has 0 N–H and O–H groups in total. The topological polar surface area (TPSA) is 78.9 Å². The zero-order valence-electron chi connectivity index (χ0n) is 46.4. The Labute approximate surface area is 443 Å². The first-order chi connectivity index (χ1) is 35.5. The molecule has 0 aliphatic heterocycles. The van der Waals surface area contributed by atoms with E-state index in [9.17, 15) is 14.4 Å². The summed E-state index contributed by atoms with van der Waals surface area (Å²) in [7, 11) is 0. The van der Waals surface area contributed by atoms with Crippen LogP contribution in [0, 0.1) is 0 Å². The maximum Gasteiger partial charge on any atom is 0.306 e. The Morgan fingerprint density at radius 2 is 0.542 bits per heavy atom. The van der Waals surface area contributed by atoms with E-state index in [0.29, 0.717) is 25.7 Å². The SMILES string of the molecule is CC/C=C\C/C=C\C/C=C\C/C=C\C/C=C\C/C=C\CCCCC(=O)OCC(COC(=O)CCCCCCC/C=C\CCCCC)OC(=O)CCCCCCCCCC/C=C\C/C=C\C/C=C\C/C=C\CC. The molecule has 0 spiro atoms. The fraction of sp³-hybridized carbons (Fsp3) is 0.621. The number of ether oxygens (including phenoxy) is 3. The van der Waals surface area contributed by atoms with Crippen LogP contribution >= 0.6 is 0 Å². The van der Waals surface area contributed by atoms with Crippen LogP contribution in [0.3, 0.4) is 0 Å².